The molecule has 0 heterocycles. The molecule has 1 unspecified atom stereocenters. The fourth-order valence-corrected chi connectivity index (χ4v) is 4.49. The van der Waals surface area contributed by atoms with Crippen LogP contribution in [0, 0.1) is 0 Å². The molecule has 4 amide bonds. The Kier molecular flexibility index (Phi) is 10.8. The summed E-state index contributed by atoms with van der Waals surface area (Å²) in [4.78, 5) is 50.2. The average Bonchev–Trinajstić information content (AvgIpc) is 2.53. The number of carbonyl (C=O) groups is 4. The van der Waals surface area contributed by atoms with Crippen LogP contribution in [0.25, 0.3) is 0 Å². The molecule has 0 bridgehead atoms. The van der Waals surface area contributed by atoms with Crippen LogP contribution in [0.5, 0.6) is 0 Å². The predicted octanol–water partition coefficient (Wildman–Crippen LogP) is 1.81. The maximum Gasteiger partial charge on any atom is 0.410 e. The number of nitrogens with zero attached hydrogens (tertiary/aromatic N) is 2. The molecule has 0 aliphatic heterocycles. The minimum absolute atomic E-state index is 0.164. The molecule has 0 aromatic carbocycles. The highest BCUT2D eigenvalue weighted by atomic mass is 33.1. The van der Waals surface area contributed by atoms with Crippen LogP contribution >= 0.6 is 21.6 Å². The van der Waals surface area contributed by atoms with Crippen molar-refractivity contribution in [2.75, 3.05) is 25.6 Å². The van der Waals surface area contributed by atoms with Crippen molar-refractivity contribution < 1.29 is 28.7 Å². The van der Waals surface area contributed by atoms with Gasteiger partial charge in [0.1, 0.15) is 23.3 Å². The van der Waals surface area contributed by atoms with Crippen LogP contribution in [-0.4, -0.2) is 82.7 Å². The van der Waals surface area contributed by atoms with E-state index in [0.29, 0.717) is 0 Å². The molecule has 0 saturated heterocycles. The van der Waals surface area contributed by atoms with E-state index in [2.05, 4.69) is 0 Å². The summed E-state index contributed by atoms with van der Waals surface area (Å²) in [7, 11) is 5.30. The Morgan fingerprint density at radius 1 is 0.733 bits per heavy atom. The van der Waals surface area contributed by atoms with Crippen molar-refractivity contribution in [1.82, 2.24) is 9.80 Å². The highest BCUT2D eigenvalue weighted by Crippen LogP contribution is 2.26. The van der Waals surface area contributed by atoms with Gasteiger partial charge in [0.15, 0.2) is 0 Å². The molecule has 0 aliphatic rings. The molecule has 0 aromatic rings. The number of nitrogens with two attached hydrogens (primary N) is 2. The maximum absolute atomic E-state index is 12.2. The topological polar surface area (TPSA) is 145 Å². The summed E-state index contributed by atoms with van der Waals surface area (Å²) in [5.74, 6) is -1.04. The first-order chi connectivity index (χ1) is 13.5. The lowest BCUT2D eigenvalue weighted by atomic mass is 10.2. The van der Waals surface area contributed by atoms with Gasteiger partial charge in [-0.15, -0.1) is 0 Å². The van der Waals surface area contributed by atoms with Gasteiger partial charge in [0, 0.05) is 25.6 Å². The number of ether oxygens (including phenoxy) is 2. The number of primary amides is 2. The zero-order valence-electron chi connectivity index (χ0n) is 18.9. The van der Waals surface area contributed by atoms with E-state index in [-0.39, 0.29) is 11.5 Å². The van der Waals surface area contributed by atoms with Gasteiger partial charge in [-0.25, -0.2) is 9.59 Å². The second kappa shape index (κ2) is 11.5. The van der Waals surface area contributed by atoms with Gasteiger partial charge in [0.05, 0.1) is 0 Å². The van der Waals surface area contributed by atoms with Gasteiger partial charge in [-0.3, -0.25) is 19.4 Å². The van der Waals surface area contributed by atoms with Crippen molar-refractivity contribution in [3.8, 4) is 0 Å². The first kappa shape index (κ1) is 28.2. The SMILES string of the molecule is CN(C(=O)OC(C)(C)C)C(CSSC[C@@H](C(N)=O)N(C)C(=O)OC(C)(C)C)C(N)=O. The number of hydrogen-bond donors (Lipinski definition) is 2. The number of hydrogen-bond acceptors (Lipinski definition) is 8. The standard InChI is InChI=1S/C18H34N4O6S2/c1-17(2,3)27-15(25)21(7)11(13(19)23)9-29-30-10-12(14(20)24)22(8)16(26)28-18(4,5)6/h11-12H,9-10H2,1-8H3,(H2,19,23)(H2,20,24)/t11-,12?/m0/s1. The zero-order valence-corrected chi connectivity index (χ0v) is 20.5. The van der Waals surface area contributed by atoms with E-state index in [1.807, 2.05) is 0 Å². The third-order valence-corrected chi connectivity index (χ3v) is 5.88. The first-order valence-electron chi connectivity index (χ1n) is 9.21. The van der Waals surface area contributed by atoms with E-state index in [1.165, 1.54) is 35.7 Å². The van der Waals surface area contributed by atoms with Crippen molar-refractivity contribution >= 4 is 45.6 Å². The summed E-state index contributed by atoms with van der Waals surface area (Å²) < 4.78 is 10.5. The molecule has 0 fully saturated rings. The molecule has 4 N–H and O–H groups in total. The fraction of sp³-hybridized carbons (Fsp3) is 0.778. The molecule has 0 spiro atoms. The van der Waals surface area contributed by atoms with Crippen LogP contribution in [0.3, 0.4) is 0 Å². The van der Waals surface area contributed by atoms with Crippen LogP contribution in [0.1, 0.15) is 41.5 Å². The normalized spacial score (nSPS) is 13.7. The Balaban J connectivity index is 4.87. The molecule has 0 aromatic heterocycles. The highest BCUT2D eigenvalue weighted by molar-refractivity contribution is 8.76. The minimum Gasteiger partial charge on any atom is -0.444 e. The van der Waals surface area contributed by atoms with E-state index in [9.17, 15) is 19.2 Å². The summed E-state index contributed by atoms with van der Waals surface area (Å²) in [6, 6.07) is -1.82. The number of carbonyl (C=O) groups excluding carboxylic acids is 4. The molecule has 12 heteroatoms. The second-order valence-corrected chi connectivity index (χ2v) is 11.1. The quantitative estimate of drug-likeness (QED) is 0.386. The molecule has 0 radical (unpaired) electrons. The van der Waals surface area contributed by atoms with E-state index < -0.39 is 47.3 Å². The van der Waals surface area contributed by atoms with Crippen LogP contribution in [0.15, 0.2) is 0 Å². The van der Waals surface area contributed by atoms with Gasteiger partial charge in [-0.1, -0.05) is 21.6 Å². The number of likely N-dealkylation sites (N-methyl/N-ethyl adjacent to an activating group) is 2. The van der Waals surface area contributed by atoms with E-state index in [4.69, 9.17) is 20.9 Å². The molecule has 0 saturated carbocycles. The first-order valence-corrected chi connectivity index (χ1v) is 11.7. The van der Waals surface area contributed by atoms with Crippen molar-refractivity contribution in [2.45, 2.75) is 64.8 Å². The summed E-state index contributed by atoms with van der Waals surface area (Å²) in [5.41, 5.74) is 9.42. The van der Waals surface area contributed by atoms with E-state index in [1.54, 1.807) is 41.5 Å². The lowest BCUT2D eigenvalue weighted by Gasteiger charge is -2.29. The highest BCUT2D eigenvalue weighted by Gasteiger charge is 2.31. The summed E-state index contributed by atoms with van der Waals surface area (Å²) in [5, 5.41) is 0. The van der Waals surface area contributed by atoms with Gasteiger partial charge >= 0.3 is 12.2 Å². The maximum atomic E-state index is 12.2. The fourth-order valence-electron chi connectivity index (χ4n) is 1.92. The van der Waals surface area contributed by atoms with Gasteiger partial charge in [-0.05, 0) is 41.5 Å². The summed E-state index contributed by atoms with van der Waals surface area (Å²) >= 11 is 0. The minimum atomic E-state index is -0.909. The molecular weight excluding hydrogens is 432 g/mol. The van der Waals surface area contributed by atoms with Crippen molar-refractivity contribution in [2.24, 2.45) is 11.5 Å². The van der Waals surface area contributed by atoms with Crippen molar-refractivity contribution in [3.05, 3.63) is 0 Å². The van der Waals surface area contributed by atoms with Gasteiger partial charge in [0.2, 0.25) is 11.8 Å². The van der Waals surface area contributed by atoms with Crippen LogP contribution in [-0.2, 0) is 19.1 Å². The van der Waals surface area contributed by atoms with E-state index >= 15 is 0 Å². The molecule has 0 rings (SSSR count). The summed E-state index contributed by atoms with van der Waals surface area (Å²) in [6.45, 7) is 10.3. The van der Waals surface area contributed by atoms with Crippen LogP contribution in [0.4, 0.5) is 9.59 Å². The lowest BCUT2D eigenvalue weighted by molar-refractivity contribution is -0.122. The molecule has 0 aliphatic carbocycles. The largest absolute Gasteiger partial charge is 0.444 e. The van der Waals surface area contributed by atoms with Crippen LogP contribution < -0.4 is 11.5 Å². The van der Waals surface area contributed by atoms with Crippen LogP contribution in [0.2, 0.25) is 0 Å². The average molecular weight is 467 g/mol. The van der Waals surface area contributed by atoms with Crippen molar-refractivity contribution in [3.63, 3.8) is 0 Å². The van der Waals surface area contributed by atoms with Gasteiger partial charge in [0.25, 0.3) is 0 Å². The molecule has 174 valence electrons. The van der Waals surface area contributed by atoms with Gasteiger partial charge < -0.3 is 20.9 Å². The number of amides is 4. The smallest absolute Gasteiger partial charge is 0.410 e. The second-order valence-electron chi connectivity index (χ2n) is 8.59. The zero-order chi connectivity index (χ0) is 23.9. The number of rotatable bonds is 9. The monoisotopic (exact) mass is 466 g/mol. The molecule has 2 atom stereocenters. The molecule has 30 heavy (non-hydrogen) atoms. The third-order valence-electron chi connectivity index (χ3n) is 3.49. The Labute approximate surface area is 186 Å². The lowest BCUT2D eigenvalue weighted by Crippen LogP contribution is -2.49. The predicted molar refractivity (Wildman–Crippen MR) is 119 cm³/mol. The Hall–Kier alpha value is -1.82. The van der Waals surface area contributed by atoms with E-state index in [0.717, 1.165) is 9.80 Å². The molecular formula is C18H34N4O6S2. The van der Waals surface area contributed by atoms with Crippen molar-refractivity contribution in [1.29, 1.82) is 0 Å². The summed E-state index contributed by atoms with van der Waals surface area (Å²) in [6.07, 6.45) is -1.34. The Bertz CT molecular complexity index is 579. The van der Waals surface area contributed by atoms with Gasteiger partial charge in [-0.2, -0.15) is 0 Å². The Morgan fingerprint density at radius 3 is 1.20 bits per heavy atom. The third kappa shape index (κ3) is 10.8. The Morgan fingerprint density at radius 2 is 1.00 bits per heavy atom. The molecule has 10 nitrogen and oxygen atoms in total.